The third kappa shape index (κ3) is 2.10. The molecule has 0 saturated carbocycles. The van der Waals surface area contributed by atoms with Crippen LogP contribution in [0.4, 0.5) is 0 Å². The number of para-hydroxylation sites is 1. The zero-order valence-electron chi connectivity index (χ0n) is 12.4. The van der Waals surface area contributed by atoms with E-state index in [1.165, 1.54) is 16.7 Å². The van der Waals surface area contributed by atoms with Crippen molar-refractivity contribution in [3.63, 3.8) is 0 Å². The molecule has 0 radical (unpaired) electrons. The largest absolute Gasteiger partial charge is 0.492 e. The van der Waals surface area contributed by atoms with E-state index in [9.17, 15) is 0 Å². The van der Waals surface area contributed by atoms with Crippen molar-refractivity contribution >= 4 is 0 Å². The van der Waals surface area contributed by atoms with Crippen molar-refractivity contribution in [2.24, 2.45) is 0 Å². The lowest BCUT2D eigenvalue weighted by Gasteiger charge is -2.39. The van der Waals surface area contributed by atoms with Crippen LogP contribution in [0.15, 0.2) is 84.9 Å². The van der Waals surface area contributed by atoms with Gasteiger partial charge in [0.15, 0.2) is 0 Å². The fourth-order valence-electron chi connectivity index (χ4n) is 3.42. The minimum absolute atomic E-state index is 0.114. The molecule has 1 heteroatoms. The monoisotopic (exact) mass is 286 g/mol. The highest BCUT2D eigenvalue weighted by molar-refractivity contribution is 5.47. The van der Waals surface area contributed by atoms with Gasteiger partial charge in [-0.1, -0.05) is 78.9 Å². The van der Waals surface area contributed by atoms with E-state index in [4.69, 9.17) is 4.74 Å². The highest BCUT2D eigenvalue weighted by Gasteiger charge is 2.39. The summed E-state index contributed by atoms with van der Waals surface area (Å²) in [6.45, 7) is 0.679. The van der Waals surface area contributed by atoms with Crippen molar-refractivity contribution in [3.8, 4) is 5.75 Å². The van der Waals surface area contributed by atoms with Gasteiger partial charge in [-0.2, -0.15) is 0 Å². The summed E-state index contributed by atoms with van der Waals surface area (Å²) in [6, 6.07) is 29.8. The number of fused-ring (bicyclic) bond motifs is 1. The minimum Gasteiger partial charge on any atom is -0.492 e. The normalized spacial score (nSPS) is 15.6. The van der Waals surface area contributed by atoms with Crippen LogP contribution in [-0.4, -0.2) is 6.61 Å². The standard InChI is InChI=1S/C21H18O/c1-3-10-18(11-4-1)21(19-12-5-2-6-13-19)15-17-9-7-8-14-20(17)22-16-21/h1-14H,15-16H2. The zero-order valence-corrected chi connectivity index (χ0v) is 12.4. The smallest absolute Gasteiger partial charge is 0.122 e. The van der Waals surface area contributed by atoms with Crippen LogP contribution < -0.4 is 4.74 Å². The fraction of sp³-hybridized carbons (Fsp3) is 0.143. The van der Waals surface area contributed by atoms with Crippen LogP contribution >= 0.6 is 0 Å². The average molecular weight is 286 g/mol. The third-order valence-electron chi connectivity index (χ3n) is 4.59. The first kappa shape index (κ1) is 13.1. The lowest BCUT2D eigenvalue weighted by atomic mass is 9.70. The maximum atomic E-state index is 6.15. The van der Waals surface area contributed by atoms with Gasteiger partial charge in [0.05, 0.1) is 5.41 Å². The highest BCUT2D eigenvalue weighted by Crippen LogP contribution is 2.41. The van der Waals surface area contributed by atoms with Crippen molar-refractivity contribution in [1.82, 2.24) is 0 Å². The van der Waals surface area contributed by atoms with Gasteiger partial charge in [-0.05, 0) is 29.2 Å². The summed E-state index contributed by atoms with van der Waals surface area (Å²) in [5, 5.41) is 0. The van der Waals surface area contributed by atoms with Gasteiger partial charge in [0.1, 0.15) is 12.4 Å². The molecule has 3 aromatic rings. The van der Waals surface area contributed by atoms with Gasteiger partial charge in [-0.25, -0.2) is 0 Å². The molecule has 0 aliphatic carbocycles. The Balaban J connectivity index is 1.89. The van der Waals surface area contributed by atoms with Gasteiger partial charge >= 0.3 is 0 Å². The molecule has 108 valence electrons. The van der Waals surface area contributed by atoms with Crippen molar-refractivity contribution in [1.29, 1.82) is 0 Å². The average Bonchev–Trinajstić information content (AvgIpc) is 2.63. The molecular weight excluding hydrogens is 268 g/mol. The van der Waals surface area contributed by atoms with Crippen molar-refractivity contribution in [2.75, 3.05) is 6.61 Å². The number of hydrogen-bond acceptors (Lipinski definition) is 1. The maximum Gasteiger partial charge on any atom is 0.122 e. The molecule has 22 heavy (non-hydrogen) atoms. The molecule has 1 aliphatic rings. The van der Waals surface area contributed by atoms with E-state index in [2.05, 4.69) is 78.9 Å². The van der Waals surface area contributed by atoms with Gasteiger partial charge in [0.25, 0.3) is 0 Å². The molecule has 4 rings (SSSR count). The molecule has 0 amide bonds. The van der Waals surface area contributed by atoms with Crippen LogP contribution in [0.25, 0.3) is 0 Å². The fourth-order valence-corrected chi connectivity index (χ4v) is 3.42. The van der Waals surface area contributed by atoms with Crippen molar-refractivity contribution in [2.45, 2.75) is 11.8 Å². The van der Waals surface area contributed by atoms with Gasteiger partial charge in [0, 0.05) is 0 Å². The van der Waals surface area contributed by atoms with E-state index in [1.807, 2.05) is 6.07 Å². The maximum absolute atomic E-state index is 6.15. The van der Waals surface area contributed by atoms with Crippen LogP contribution in [0.5, 0.6) is 5.75 Å². The van der Waals surface area contributed by atoms with E-state index in [1.54, 1.807) is 0 Å². The van der Waals surface area contributed by atoms with E-state index in [0.29, 0.717) is 6.61 Å². The number of benzene rings is 3. The SMILES string of the molecule is c1ccc(C2(c3ccccc3)COc3ccccc3C2)cc1. The first-order valence-corrected chi connectivity index (χ1v) is 7.70. The van der Waals surface area contributed by atoms with Gasteiger partial charge < -0.3 is 4.74 Å². The third-order valence-corrected chi connectivity index (χ3v) is 4.59. The molecule has 0 saturated heterocycles. The Morgan fingerprint density at radius 1 is 0.636 bits per heavy atom. The van der Waals surface area contributed by atoms with Crippen LogP contribution in [0.3, 0.4) is 0 Å². The Bertz CT molecular complexity index is 723. The predicted molar refractivity (Wildman–Crippen MR) is 89.3 cm³/mol. The lowest BCUT2D eigenvalue weighted by Crippen LogP contribution is -2.40. The quantitative estimate of drug-likeness (QED) is 0.668. The second kappa shape index (κ2) is 5.34. The molecule has 1 heterocycles. The molecule has 3 aromatic carbocycles. The number of rotatable bonds is 2. The lowest BCUT2D eigenvalue weighted by molar-refractivity contribution is 0.215. The Kier molecular flexibility index (Phi) is 3.19. The zero-order chi connectivity index (χ0) is 14.8. The van der Waals surface area contributed by atoms with Crippen LogP contribution in [0, 0.1) is 0 Å². The first-order valence-electron chi connectivity index (χ1n) is 7.70. The molecular formula is C21H18O. The second-order valence-electron chi connectivity index (χ2n) is 5.89. The van der Waals surface area contributed by atoms with E-state index in [-0.39, 0.29) is 5.41 Å². The predicted octanol–water partition coefficient (Wildman–Crippen LogP) is 4.61. The summed E-state index contributed by atoms with van der Waals surface area (Å²) in [7, 11) is 0. The van der Waals surface area contributed by atoms with Crippen LogP contribution in [-0.2, 0) is 11.8 Å². The van der Waals surface area contributed by atoms with Crippen LogP contribution in [0.1, 0.15) is 16.7 Å². The summed E-state index contributed by atoms with van der Waals surface area (Å²) in [5.74, 6) is 1.02. The molecule has 0 N–H and O–H groups in total. The van der Waals surface area contributed by atoms with Gasteiger partial charge in [-0.15, -0.1) is 0 Å². The van der Waals surface area contributed by atoms with E-state index < -0.39 is 0 Å². The Labute approximate surface area is 131 Å². The summed E-state index contributed by atoms with van der Waals surface area (Å²) in [5.41, 5.74) is 3.80. The van der Waals surface area contributed by atoms with Gasteiger partial charge in [0.2, 0.25) is 0 Å². The molecule has 0 aromatic heterocycles. The number of hydrogen-bond donors (Lipinski definition) is 0. The van der Waals surface area contributed by atoms with Gasteiger partial charge in [-0.3, -0.25) is 0 Å². The molecule has 1 aliphatic heterocycles. The topological polar surface area (TPSA) is 9.23 Å². The van der Waals surface area contributed by atoms with Crippen molar-refractivity contribution in [3.05, 3.63) is 102 Å². The highest BCUT2D eigenvalue weighted by atomic mass is 16.5. The summed E-state index contributed by atoms with van der Waals surface area (Å²) in [4.78, 5) is 0. The molecule has 1 nitrogen and oxygen atoms in total. The van der Waals surface area contributed by atoms with E-state index in [0.717, 1.165) is 12.2 Å². The summed E-state index contributed by atoms with van der Waals surface area (Å²) < 4.78 is 6.15. The summed E-state index contributed by atoms with van der Waals surface area (Å²) in [6.07, 6.45) is 0.969. The Hall–Kier alpha value is -2.54. The minimum atomic E-state index is -0.114. The Morgan fingerprint density at radius 2 is 1.18 bits per heavy atom. The molecule has 0 atom stereocenters. The molecule has 0 spiro atoms. The van der Waals surface area contributed by atoms with Crippen LogP contribution in [0.2, 0.25) is 0 Å². The second-order valence-corrected chi connectivity index (χ2v) is 5.89. The Morgan fingerprint density at radius 3 is 1.82 bits per heavy atom. The van der Waals surface area contributed by atoms with E-state index >= 15 is 0 Å². The molecule has 0 bridgehead atoms. The first-order chi connectivity index (χ1) is 10.9. The molecule has 0 unspecified atom stereocenters. The van der Waals surface area contributed by atoms with Crippen molar-refractivity contribution < 1.29 is 4.74 Å². The molecule has 0 fully saturated rings. The number of ether oxygens (including phenoxy) is 1. The summed E-state index contributed by atoms with van der Waals surface area (Å²) >= 11 is 0.